The number of aliphatic hydroxyl groups is 1. The lowest BCUT2D eigenvalue weighted by Crippen LogP contribution is -2.60. The van der Waals surface area contributed by atoms with E-state index in [1.165, 1.54) is 18.2 Å². The fourth-order valence-electron chi connectivity index (χ4n) is 6.76. The van der Waals surface area contributed by atoms with E-state index in [2.05, 4.69) is 41.9 Å². The molecule has 0 bridgehead atoms. The standard InChI is InChI=1S/C43H67N15O12.CH4/c1-2-3-12-27(52-35(61)25-10-4-5-11-26(25)45)36(62)53-28(13-6-7-18-44)37(63)54-29(14-8-19-50-42(46)47)38(64)55-30(15-9-20-51-43(48)49)39(65)57-32(23-59)40(66)56-31(41(67)68)21-24-16-17-34(60)33(22-24)58(69)70;/h4-5,10-11,16-17,22,27-32,59-60H,2-3,6-9,12-15,18-21,23,44-45H2,1H3,(H,52,61)(H,53,62)(H,54,63)(H,55,64)(H,56,66)(H,57,65)(H,67,68)(H4,46,47,50)(H4,48,49,51);1H4/t27-,28-,29-,30-,31-,32-;/m0./s1. The first-order chi connectivity index (χ1) is 33.2. The molecule has 0 spiro atoms. The Kier molecular flexibility index (Phi) is 27.7. The van der Waals surface area contributed by atoms with Crippen LogP contribution in [0.4, 0.5) is 11.4 Å². The fraction of sp³-hybridized carbons (Fsp3) is 0.523. The van der Waals surface area contributed by atoms with Crippen molar-refractivity contribution in [3.8, 4) is 5.75 Å². The number of nitrogens with one attached hydrogen (secondary N) is 6. The number of unbranched alkanes of at least 4 members (excludes halogenated alkanes) is 2. The zero-order valence-electron chi connectivity index (χ0n) is 38.9. The molecule has 21 N–H and O–H groups in total. The van der Waals surface area contributed by atoms with Crippen LogP contribution in [0.25, 0.3) is 0 Å². The molecule has 6 atom stereocenters. The summed E-state index contributed by atoms with van der Waals surface area (Å²) in [6.45, 7) is 1.09. The number of nitrogen functional groups attached to an aromatic ring is 1. The fourth-order valence-corrected chi connectivity index (χ4v) is 6.76. The summed E-state index contributed by atoms with van der Waals surface area (Å²) in [6, 6.07) is 0.601. The number of amides is 6. The molecule has 71 heavy (non-hydrogen) atoms. The van der Waals surface area contributed by atoms with Crippen molar-refractivity contribution in [1.29, 1.82) is 0 Å². The van der Waals surface area contributed by atoms with E-state index < -0.39 is 107 Å². The molecule has 0 saturated carbocycles. The number of carboxylic acids is 1. The van der Waals surface area contributed by atoms with Gasteiger partial charge in [0.05, 0.1) is 17.1 Å². The summed E-state index contributed by atoms with van der Waals surface area (Å²) in [5, 5.41) is 56.2. The Morgan fingerprint density at radius 1 is 0.662 bits per heavy atom. The number of guanidine groups is 2. The van der Waals surface area contributed by atoms with E-state index in [-0.39, 0.29) is 94.3 Å². The number of phenols is 1. The summed E-state index contributed by atoms with van der Waals surface area (Å²) < 4.78 is 0. The first-order valence-electron chi connectivity index (χ1n) is 22.5. The monoisotopic (exact) mass is 1000 g/mol. The van der Waals surface area contributed by atoms with Crippen LogP contribution in [0, 0.1) is 10.1 Å². The number of rotatable bonds is 32. The zero-order valence-corrected chi connectivity index (χ0v) is 38.9. The zero-order chi connectivity index (χ0) is 52.3. The number of nitro benzene ring substituents is 1. The molecule has 0 radical (unpaired) electrons. The van der Waals surface area contributed by atoms with Crippen LogP contribution in [-0.4, -0.2) is 136 Å². The van der Waals surface area contributed by atoms with Gasteiger partial charge in [0.25, 0.3) is 5.91 Å². The van der Waals surface area contributed by atoms with E-state index >= 15 is 0 Å². The SMILES string of the molecule is C.CCCC[C@H](NC(=O)c1ccccc1N)C(=O)N[C@@H](CCCCN)C(=O)N[C@@H](CCCN=C(N)N)C(=O)N[C@@H](CCCN=C(N)N)C(=O)N[C@@H](CO)C(=O)N[C@@H](Cc1ccc(O)c([N+](=O)[O-])c1)C(=O)O. The third kappa shape index (κ3) is 22.0. The average Bonchev–Trinajstić information content (AvgIpc) is 3.30. The minimum Gasteiger partial charge on any atom is -0.502 e. The van der Waals surface area contributed by atoms with Gasteiger partial charge in [0.15, 0.2) is 17.7 Å². The van der Waals surface area contributed by atoms with E-state index in [0.29, 0.717) is 25.7 Å². The van der Waals surface area contributed by atoms with E-state index in [1.807, 2.05) is 6.92 Å². The lowest BCUT2D eigenvalue weighted by molar-refractivity contribution is -0.385. The average molecular weight is 1000 g/mol. The van der Waals surface area contributed by atoms with Gasteiger partial charge in [-0.25, -0.2) is 4.79 Å². The smallest absolute Gasteiger partial charge is 0.326 e. The molecule has 0 unspecified atom stereocenters. The summed E-state index contributed by atoms with van der Waals surface area (Å²) in [7, 11) is 0. The minimum absolute atomic E-state index is 0. The van der Waals surface area contributed by atoms with Crippen LogP contribution in [0.5, 0.6) is 5.75 Å². The minimum atomic E-state index is -1.80. The first-order valence-corrected chi connectivity index (χ1v) is 22.5. The van der Waals surface area contributed by atoms with E-state index in [0.717, 1.165) is 12.1 Å². The largest absolute Gasteiger partial charge is 0.502 e. The van der Waals surface area contributed by atoms with Crippen LogP contribution in [0.2, 0.25) is 0 Å². The molecule has 2 rings (SSSR count). The van der Waals surface area contributed by atoms with Crippen molar-refractivity contribution in [3.63, 3.8) is 0 Å². The number of carbonyl (C=O) groups excluding carboxylic acids is 6. The number of hydrogen-bond donors (Lipinski definition) is 15. The van der Waals surface area contributed by atoms with Crippen LogP contribution >= 0.6 is 0 Å². The van der Waals surface area contributed by atoms with Crippen LogP contribution in [-0.2, 0) is 35.2 Å². The molecule has 2 aromatic rings. The van der Waals surface area contributed by atoms with Gasteiger partial charge in [0.2, 0.25) is 29.5 Å². The second kappa shape index (κ2) is 32.1. The quantitative estimate of drug-likeness (QED) is 0.00922. The lowest BCUT2D eigenvalue weighted by atomic mass is 10.0. The second-order valence-corrected chi connectivity index (χ2v) is 16.0. The number of aromatic hydroxyl groups is 1. The number of carboxylic acid groups (broad SMARTS) is 1. The third-order valence-corrected chi connectivity index (χ3v) is 10.5. The molecule has 6 amide bonds. The summed E-state index contributed by atoms with van der Waals surface area (Å²) >= 11 is 0. The van der Waals surface area contributed by atoms with Gasteiger partial charge < -0.3 is 81.6 Å². The van der Waals surface area contributed by atoms with Gasteiger partial charge in [-0.1, -0.05) is 45.4 Å². The summed E-state index contributed by atoms with van der Waals surface area (Å²) in [5.74, 6) is -8.01. The number of aliphatic carboxylic acids is 1. The highest BCUT2D eigenvalue weighted by Gasteiger charge is 2.33. The highest BCUT2D eigenvalue weighted by Crippen LogP contribution is 2.27. The number of anilines is 1. The number of benzene rings is 2. The van der Waals surface area contributed by atoms with Crippen molar-refractivity contribution in [1.82, 2.24) is 31.9 Å². The van der Waals surface area contributed by atoms with Crippen molar-refractivity contribution in [2.24, 2.45) is 38.7 Å². The maximum Gasteiger partial charge on any atom is 0.326 e. The highest BCUT2D eigenvalue weighted by atomic mass is 16.6. The number of hydrogen-bond acceptors (Lipinski definition) is 15. The Morgan fingerprint density at radius 3 is 1.56 bits per heavy atom. The lowest BCUT2D eigenvalue weighted by Gasteiger charge is -2.27. The number of aliphatic hydroxyl groups excluding tert-OH is 1. The Bertz CT molecular complexity index is 2170. The molecule has 0 aromatic heterocycles. The first kappa shape index (κ1) is 61.2. The maximum atomic E-state index is 14.2. The second-order valence-electron chi connectivity index (χ2n) is 16.0. The van der Waals surface area contributed by atoms with Crippen LogP contribution < -0.4 is 66.3 Å². The van der Waals surface area contributed by atoms with E-state index in [1.54, 1.807) is 12.1 Å². The van der Waals surface area contributed by atoms with Crippen LogP contribution in [0.3, 0.4) is 0 Å². The normalized spacial score (nSPS) is 13.2. The van der Waals surface area contributed by atoms with Crippen molar-refractivity contribution in [2.75, 3.05) is 32.0 Å². The molecule has 0 aliphatic heterocycles. The summed E-state index contributed by atoms with van der Waals surface area (Å²) in [5.41, 5.74) is 33.3. The third-order valence-electron chi connectivity index (χ3n) is 10.5. The van der Waals surface area contributed by atoms with Gasteiger partial charge in [-0.05, 0) is 81.7 Å². The summed E-state index contributed by atoms with van der Waals surface area (Å²) in [6.07, 6.45) is 1.70. The van der Waals surface area contributed by atoms with Crippen LogP contribution in [0.1, 0.15) is 94.5 Å². The number of para-hydroxylation sites is 1. The van der Waals surface area contributed by atoms with Gasteiger partial charge >= 0.3 is 11.7 Å². The molecular weight excluding hydrogens is 931 g/mol. The highest BCUT2D eigenvalue weighted by molar-refractivity contribution is 6.02. The van der Waals surface area contributed by atoms with Crippen LogP contribution in [0.15, 0.2) is 52.4 Å². The van der Waals surface area contributed by atoms with Gasteiger partial charge in [0.1, 0.15) is 36.3 Å². The maximum absolute atomic E-state index is 14.2. The number of nitro groups is 1. The molecular formula is C44H71N15O12. The molecule has 27 nitrogen and oxygen atoms in total. The van der Waals surface area contributed by atoms with Gasteiger partial charge in [-0.15, -0.1) is 0 Å². The van der Waals surface area contributed by atoms with Gasteiger partial charge in [0, 0.05) is 31.3 Å². The molecule has 394 valence electrons. The number of nitrogens with two attached hydrogens (primary N) is 6. The predicted molar refractivity (Wildman–Crippen MR) is 264 cm³/mol. The van der Waals surface area contributed by atoms with Crippen molar-refractivity contribution in [2.45, 2.75) is 121 Å². The molecule has 0 fully saturated rings. The predicted octanol–water partition coefficient (Wildman–Crippen LogP) is -2.21. The Labute approximate surface area is 410 Å². The Morgan fingerprint density at radius 2 is 1.11 bits per heavy atom. The Hall–Kier alpha value is -7.81. The number of phenolic OH excluding ortho intramolecular Hbond substituents is 1. The topological polar surface area (TPSA) is 476 Å². The van der Waals surface area contributed by atoms with Crippen molar-refractivity contribution in [3.05, 3.63) is 63.7 Å². The molecule has 0 saturated heterocycles. The van der Waals surface area contributed by atoms with Crippen molar-refractivity contribution >= 4 is 64.7 Å². The Balaban J connectivity index is 0.0000252. The van der Waals surface area contributed by atoms with E-state index in [9.17, 15) is 59.0 Å². The molecule has 0 aliphatic rings. The molecule has 0 heterocycles. The van der Waals surface area contributed by atoms with Crippen molar-refractivity contribution < 1.29 is 53.8 Å². The summed E-state index contributed by atoms with van der Waals surface area (Å²) in [4.78, 5) is 113. The number of carbonyl (C=O) groups is 7. The molecule has 2 aromatic carbocycles. The van der Waals surface area contributed by atoms with E-state index in [4.69, 9.17) is 34.4 Å². The molecule has 0 aliphatic carbocycles. The molecule has 27 heteroatoms. The van der Waals surface area contributed by atoms with Gasteiger partial charge in [-0.2, -0.15) is 0 Å². The number of aliphatic imine (C=N–C) groups is 2. The number of nitrogens with zero attached hydrogens (tertiary/aromatic N) is 3. The van der Waals surface area contributed by atoms with Gasteiger partial charge in [-0.3, -0.25) is 48.9 Å².